The fourth-order valence-corrected chi connectivity index (χ4v) is 6.85. The number of amides is 1. The molecule has 0 aliphatic rings. The largest absolute Gasteiger partial charge is 0.480 e. The van der Waals surface area contributed by atoms with Crippen LogP contribution >= 0.6 is 27.3 Å². The van der Waals surface area contributed by atoms with E-state index in [1.165, 1.54) is 35.6 Å². The van der Waals surface area contributed by atoms with Gasteiger partial charge in [0.2, 0.25) is 10.0 Å². The molecule has 0 radical (unpaired) electrons. The van der Waals surface area contributed by atoms with Crippen molar-refractivity contribution >= 4 is 54.3 Å². The number of thiazole rings is 1. The minimum atomic E-state index is -4.18. The van der Waals surface area contributed by atoms with Crippen molar-refractivity contribution in [2.75, 3.05) is 5.32 Å². The lowest BCUT2D eigenvalue weighted by molar-refractivity contribution is -0.138. The van der Waals surface area contributed by atoms with Gasteiger partial charge >= 0.3 is 5.97 Å². The van der Waals surface area contributed by atoms with Crippen molar-refractivity contribution in [2.24, 2.45) is 5.73 Å². The van der Waals surface area contributed by atoms with Crippen LogP contribution in [0.4, 0.5) is 5.13 Å². The molecule has 0 spiro atoms. The predicted molar refractivity (Wildman–Crippen MR) is 175 cm³/mol. The summed E-state index contributed by atoms with van der Waals surface area (Å²) in [6.45, 7) is 0.424. The van der Waals surface area contributed by atoms with E-state index in [1.807, 2.05) is 48.5 Å². The predicted octanol–water partition coefficient (Wildman–Crippen LogP) is 5.92. The third-order valence-electron chi connectivity index (χ3n) is 6.72. The summed E-state index contributed by atoms with van der Waals surface area (Å²) in [4.78, 5) is 30.4. The first-order valence-corrected chi connectivity index (χ1v) is 16.5. The van der Waals surface area contributed by atoms with E-state index in [9.17, 15) is 23.1 Å². The Balaban J connectivity index is 1.35. The molecule has 0 aliphatic heterocycles. The Labute approximate surface area is 267 Å². The molecule has 1 heterocycles. The summed E-state index contributed by atoms with van der Waals surface area (Å²) in [6, 6.07) is 28.2. The summed E-state index contributed by atoms with van der Waals surface area (Å²) in [5.74, 6) is -1.77. The van der Waals surface area contributed by atoms with E-state index in [0.717, 1.165) is 26.0 Å². The quantitative estimate of drug-likeness (QED) is 0.134. The topological polar surface area (TPSA) is 151 Å². The van der Waals surface area contributed by atoms with Crippen LogP contribution in [0.5, 0.6) is 0 Å². The van der Waals surface area contributed by atoms with Gasteiger partial charge in [-0.3, -0.25) is 14.9 Å². The van der Waals surface area contributed by atoms with Gasteiger partial charge in [0.25, 0.3) is 5.91 Å². The van der Waals surface area contributed by atoms with E-state index in [0.29, 0.717) is 22.9 Å². The van der Waals surface area contributed by atoms with Crippen molar-refractivity contribution in [3.8, 4) is 21.7 Å². The molecule has 12 heteroatoms. The third-order valence-corrected chi connectivity index (χ3v) is 9.76. The Morgan fingerprint density at radius 2 is 1.50 bits per heavy atom. The van der Waals surface area contributed by atoms with Crippen molar-refractivity contribution in [1.29, 1.82) is 0 Å². The number of carbonyl (C=O) groups is 2. The first-order chi connectivity index (χ1) is 21.1. The lowest BCUT2D eigenvalue weighted by atomic mass is 10.1. The minimum absolute atomic E-state index is 0.0227. The molecule has 1 amide bonds. The summed E-state index contributed by atoms with van der Waals surface area (Å²) >= 11 is 4.77. The number of carboxylic acids is 1. The zero-order valence-corrected chi connectivity index (χ0v) is 26.3. The summed E-state index contributed by atoms with van der Waals surface area (Å²) in [6.07, 6.45) is -0.0227. The molecule has 9 nitrogen and oxygen atoms in total. The number of carbonyl (C=O) groups excluding carboxylic acids is 1. The van der Waals surface area contributed by atoms with Gasteiger partial charge in [-0.05, 0) is 59.5 Å². The molecule has 4 aromatic carbocycles. The fraction of sp³-hybridized carbons (Fsp3) is 0.0938. The highest BCUT2D eigenvalue weighted by molar-refractivity contribution is 9.10. The van der Waals surface area contributed by atoms with Gasteiger partial charge in [-0.15, -0.1) is 0 Å². The highest BCUT2D eigenvalue weighted by Gasteiger charge is 2.26. The Bertz CT molecular complexity index is 1880. The lowest BCUT2D eigenvalue weighted by Crippen LogP contribution is -2.42. The minimum Gasteiger partial charge on any atom is -0.480 e. The molecule has 0 bridgehead atoms. The van der Waals surface area contributed by atoms with E-state index < -0.39 is 27.9 Å². The zero-order chi connectivity index (χ0) is 31.3. The van der Waals surface area contributed by atoms with Crippen LogP contribution in [-0.2, 0) is 27.8 Å². The van der Waals surface area contributed by atoms with Crippen LogP contribution in [-0.4, -0.2) is 36.4 Å². The summed E-state index contributed by atoms with van der Waals surface area (Å²) in [5.41, 5.74) is 10.1. The molecule has 0 fully saturated rings. The maximum atomic E-state index is 13.2. The maximum absolute atomic E-state index is 13.2. The Morgan fingerprint density at radius 1 is 0.864 bits per heavy atom. The second kappa shape index (κ2) is 13.6. The average Bonchev–Trinajstić information content (AvgIpc) is 3.45. The summed E-state index contributed by atoms with van der Waals surface area (Å²) in [7, 11) is -4.18. The van der Waals surface area contributed by atoms with Gasteiger partial charge in [0.15, 0.2) is 5.13 Å². The van der Waals surface area contributed by atoms with Gasteiger partial charge in [-0.1, -0.05) is 94.0 Å². The molecule has 1 aromatic heterocycles. The first kappa shape index (κ1) is 31.2. The molecule has 5 N–H and O–H groups in total. The lowest BCUT2D eigenvalue weighted by Gasteiger charge is -2.15. The average molecular weight is 692 g/mol. The number of anilines is 1. The second-order valence-electron chi connectivity index (χ2n) is 9.79. The van der Waals surface area contributed by atoms with E-state index in [-0.39, 0.29) is 16.9 Å². The highest BCUT2D eigenvalue weighted by Crippen LogP contribution is 2.39. The van der Waals surface area contributed by atoms with Crippen molar-refractivity contribution in [3.05, 3.63) is 124 Å². The SMILES string of the molecule is NCc1ccc(-c2sc(NC(=O)c3ccc(S(=O)(=O)NC(Cc4ccccc4)C(=O)O)cc3)nc2-c2ccc(Br)cc2)cc1. The first-order valence-electron chi connectivity index (χ1n) is 13.4. The van der Waals surface area contributed by atoms with E-state index in [1.54, 1.807) is 30.3 Å². The van der Waals surface area contributed by atoms with Gasteiger partial charge in [0.1, 0.15) is 6.04 Å². The van der Waals surface area contributed by atoms with Crippen LogP contribution in [0.3, 0.4) is 0 Å². The third kappa shape index (κ3) is 7.47. The Hall–Kier alpha value is -4.20. The zero-order valence-electron chi connectivity index (χ0n) is 23.1. The normalized spacial score (nSPS) is 12.0. The summed E-state index contributed by atoms with van der Waals surface area (Å²) in [5, 5.41) is 12.8. The van der Waals surface area contributed by atoms with E-state index in [4.69, 9.17) is 10.7 Å². The van der Waals surface area contributed by atoms with Crippen molar-refractivity contribution in [3.63, 3.8) is 0 Å². The maximum Gasteiger partial charge on any atom is 0.322 e. The van der Waals surface area contributed by atoms with E-state index in [2.05, 4.69) is 26.0 Å². The van der Waals surface area contributed by atoms with Gasteiger partial charge < -0.3 is 10.8 Å². The fourth-order valence-electron chi connectivity index (χ4n) is 4.40. The number of sulfonamides is 1. The Morgan fingerprint density at radius 3 is 2.11 bits per heavy atom. The molecule has 0 aliphatic carbocycles. The molecule has 224 valence electrons. The molecule has 0 saturated carbocycles. The monoisotopic (exact) mass is 690 g/mol. The van der Waals surface area contributed by atoms with Gasteiger partial charge in [-0.25, -0.2) is 13.4 Å². The number of carboxylic acid groups (broad SMARTS) is 1. The molecule has 5 rings (SSSR count). The number of aliphatic carboxylic acids is 1. The molecule has 1 atom stereocenters. The van der Waals surface area contributed by atoms with Crippen molar-refractivity contribution in [2.45, 2.75) is 23.9 Å². The molecule has 0 saturated heterocycles. The van der Waals surface area contributed by atoms with E-state index >= 15 is 0 Å². The molecule has 44 heavy (non-hydrogen) atoms. The van der Waals surface area contributed by atoms with Crippen LogP contribution in [0, 0.1) is 0 Å². The highest BCUT2D eigenvalue weighted by atomic mass is 79.9. The number of benzene rings is 4. The summed E-state index contributed by atoms with van der Waals surface area (Å²) < 4.78 is 29.2. The number of nitrogens with zero attached hydrogens (tertiary/aromatic N) is 1. The number of rotatable bonds is 11. The number of aromatic nitrogens is 1. The van der Waals surface area contributed by atoms with Crippen molar-refractivity contribution < 1.29 is 23.1 Å². The van der Waals surface area contributed by atoms with Crippen LogP contribution in [0.1, 0.15) is 21.5 Å². The van der Waals surface area contributed by atoms with Crippen LogP contribution < -0.4 is 15.8 Å². The molecule has 5 aromatic rings. The van der Waals surface area contributed by atoms with Crippen molar-refractivity contribution in [1.82, 2.24) is 9.71 Å². The number of hydrogen-bond donors (Lipinski definition) is 4. The number of hydrogen-bond acceptors (Lipinski definition) is 7. The number of nitrogens with one attached hydrogen (secondary N) is 2. The molecular formula is C32H27BrN4O5S2. The van der Waals surface area contributed by atoms with Gasteiger partial charge in [0, 0.05) is 22.1 Å². The number of halogens is 1. The molecular weight excluding hydrogens is 664 g/mol. The smallest absolute Gasteiger partial charge is 0.322 e. The number of nitrogens with two attached hydrogens (primary N) is 1. The van der Waals surface area contributed by atoms with Crippen LogP contribution in [0.2, 0.25) is 0 Å². The standard InChI is InChI=1S/C32H27BrN4O5S2/c33-25-14-10-22(11-15-25)28-29(23-8-6-21(19-34)7-9-23)43-32(35-28)36-30(38)24-12-16-26(17-13-24)44(41,42)37-27(31(39)40)18-20-4-2-1-3-5-20/h1-17,27,37H,18-19,34H2,(H,39,40)(H,35,36,38). The van der Waals surface area contributed by atoms with Gasteiger partial charge in [0.05, 0.1) is 15.5 Å². The molecule has 1 unspecified atom stereocenters. The van der Waals surface area contributed by atoms with Gasteiger partial charge in [-0.2, -0.15) is 4.72 Å². The van der Waals surface area contributed by atoms with Crippen LogP contribution in [0.25, 0.3) is 21.7 Å². The Kier molecular flexibility index (Phi) is 9.67. The van der Waals surface area contributed by atoms with Crippen LogP contribution in [0.15, 0.2) is 112 Å². The second-order valence-corrected chi connectivity index (χ2v) is 13.4.